The van der Waals surface area contributed by atoms with Gasteiger partial charge in [-0.3, -0.25) is 0 Å². The monoisotopic (exact) mass is 241 g/mol. The van der Waals surface area contributed by atoms with Crippen molar-refractivity contribution in [2.45, 2.75) is 71.9 Å². The Labute approximate surface area is 107 Å². The third-order valence-corrected chi connectivity index (χ3v) is 4.29. The largest absolute Gasteiger partial charge is 0.393 e. The van der Waals surface area contributed by atoms with Gasteiger partial charge in [0.1, 0.15) is 0 Å². The molecule has 0 amide bonds. The van der Waals surface area contributed by atoms with E-state index in [1.165, 1.54) is 25.7 Å². The second kappa shape index (κ2) is 6.19. The van der Waals surface area contributed by atoms with Crippen LogP contribution in [0.25, 0.3) is 0 Å². The first-order valence-electron chi connectivity index (χ1n) is 7.19. The molecule has 2 heteroatoms. The average molecular weight is 241 g/mol. The lowest BCUT2D eigenvalue weighted by Gasteiger charge is -2.35. The fourth-order valence-corrected chi connectivity index (χ4v) is 2.74. The summed E-state index contributed by atoms with van der Waals surface area (Å²) in [5, 5.41) is 10.1. The van der Waals surface area contributed by atoms with E-state index in [-0.39, 0.29) is 11.5 Å². The Morgan fingerprint density at radius 2 is 1.94 bits per heavy atom. The average Bonchev–Trinajstić information content (AvgIpc) is 2.24. The van der Waals surface area contributed by atoms with Crippen molar-refractivity contribution >= 4 is 0 Å². The van der Waals surface area contributed by atoms with Crippen LogP contribution in [0.2, 0.25) is 0 Å². The maximum Gasteiger partial charge on any atom is 0.0600 e. The molecule has 0 aromatic heterocycles. The van der Waals surface area contributed by atoms with Crippen LogP contribution >= 0.6 is 0 Å². The van der Waals surface area contributed by atoms with Gasteiger partial charge in [-0.15, -0.1) is 0 Å². The predicted octanol–water partition coefficient (Wildman–Crippen LogP) is 3.29. The maximum absolute atomic E-state index is 10.1. The van der Waals surface area contributed by atoms with Gasteiger partial charge in [-0.1, -0.05) is 40.5 Å². The minimum Gasteiger partial charge on any atom is -0.393 e. The molecule has 1 fully saturated rings. The number of aliphatic hydroxyl groups excluding tert-OH is 1. The molecule has 0 saturated heterocycles. The minimum absolute atomic E-state index is 0.0146. The van der Waals surface area contributed by atoms with Crippen molar-refractivity contribution in [3.63, 3.8) is 0 Å². The van der Waals surface area contributed by atoms with Gasteiger partial charge < -0.3 is 10.0 Å². The molecule has 1 saturated carbocycles. The van der Waals surface area contributed by atoms with Gasteiger partial charge in [-0.2, -0.15) is 0 Å². The Morgan fingerprint density at radius 3 is 2.47 bits per heavy atom. The zero-order valence-electron chi connectivity index (χ0n) is 12.4. The van der Waals surface area contributed by atoms with Crippen molar-refractivity contribution < 1.29 is 5.11 Å². The van der Waals surface area contributed by atoms with E-state index in [1.807, 2.05) is 0 Å². The molecule has 0 bridgehead atoms. The SMILES string of the molecule is CC1CCCC(N(C)CCC(O)C(C)(C)C)C1. The van der Waals surface area contributed by atoms with Gasteiger partial charge in [-0.05, 0) is 37.6 Å². The molecule has 0 aromatic rings. The van der Waals surface area contributed by atoms with E-state index >= 15 is 0 Å². The van der Waals surface area contributed by atoms with Crippen LogP contribution in [-0.2, 0) is 0 Å². The van der Waals surface area contributed by atoms with Crippen LogP contribution in [0.15, 0.2) is 0 Å². The van der Waals surface area contributed by atoms with Crippen LogP contribution < -0.4 is 0 Å². The molecule has 1 rings (SSSR count). The molecular formula is C15H31NO. The van der Waals surface area contributed by atoms with Gasteiger partial charge in [0.25, 0.3) is 0 Å². The summed E-state index contributed by atoms with van der Waals surface area (Å²) in [5.41, 5.74) is 0.0146. The molecule has 2 nitrogen and oxygen atoms in total. The Kier molecular flexibility index (Phi) is 5.46. The highest BCUT2D eigenvalue weighted by Gasteiger charge is 2.25. The van der Waals surface area contributed by atoms with Crippen LogP contribution in [-0.4, -0.2) is 35.7 Å². The van der Waals surface area contributed by atoms with E-state index in [1.54, 1.807) is 0 Å². The van der Waals surface area contributed by atoms with Gasteiger partial charge in [0.05, 0.1) is 6.10 Å². The maximum atomic E-state index is 10.1. The minimum atomic E-state index is -0.189. The smallest absolute Gasteiger partial charge is 0.0600 e. The van der Waals surface area contributed by atoms with E-state index in [0.29, 0.717) is 0 Å². The Bertz CT molecular complexity index is 221. The topological polar surface area (TPSA) is 23.5 Å². The second-order valence-corrected chi connectivity index (χ2v) is 7.08. The molecule has 0 heterocycles. The highest BCUT2D eigenvalue weighted by Crippen LogP contribution is 2.27. The lowest BCUT2D eigenvalue weighted by Crippen LogP contribution is -2.38. The van der Waals surface area contributed by atoms with Crippen molar-refractivity contribution in [3.8, 4) is 0 Å². The number of nitrogens with zero attached hydrogens (tertiary/aromatic N) is 1. The molecular weight excluding hydrogens is 210 g/mol. The van der Waals surface area contributed by atoms with Gasteiger partial charge in [0, 0.05) is 12.6 Å². The Balaban J connectivity index is 2.31. The Hall–Kier alpha value is -0.0800. The van der Waals surface area contributed by atoms with Crippen LogP contribution in [0.1, 0.15) is 59.8 Å². The van der Waals surface area contributed by atoms with Gasteiger partial charge in [-0.25, -0.2) is 0 Å². The standard InChI is InChI=1S/C15H31NO/c1-12-7-6-8-13(11-12)16(5)10-9-14(17)15(2,3)4/h12-14,17H,6-11H2,1-5H3. The van der Waals surface area contributed by atoms with Crippen molar-refractivity contribution in [2.75, 3.05) is 13.6 Å². The van der Waals surface area contributed by atoms with Crippen LogP contribution in [0.4, 0.5) is 0 Å². The van der Waals surface area contributed by atoms with Gasteiger partial charge in [0.15, 0.2) is 0 Å². The summed E-state index contributed by atoms with van der Waals surface area (Å²) < 4.78 is 0. The van der Waals surface area contributed by atoms with Crippen molar-refractivity contribution in [1.29, 1.82) is 0 Å². The summed E-state index contributed by atoms with van der Waals surface area (Å²) in [5.74, 6) is 0.878. The number of aliphatic hydroxyl groups is 1. The van der Waals surface area contributed by atoms with Crippen LogP contribution in [0, 0.1) is 11.3 Å². The van der Waals surface area contributed by atoms with Crippen molar-refractivity contribution in [2.24, 2.45) is 11.3 Å². The lowest BCUT2D eigenvalue weighted by atomic mass is 9.85. The summed E-state index contributed by atoms with van der Waals surface area (Å²) in [7, 11) is 2.22. The quantitative estimate of drug-likeness (QED) is 0.816. The fraction of sp³-hybridized carbons (Fsp3) is 1.00. The molecule has 3 atom stereocenters. The zero-order valence-corrected chi connectivity index (χ0v) is 12.4. The molecule has 102 valence electrons. The lowest BCUT2D eigenvalue weighted by molar-refractivity contribution is 0.0405. The highest BCUT2D eigenvalue weighted by atomic mass is 16.3. The normalized spacial score (nSPS) is 28.4. The number of hydrogen-bond acceptors (Lipinski definition) is 2. The first-order chi connectivity index (χ1) is 7.80. The van der Waals surface area contributed by atoms with Gasteiger partial charge >= 0.3 is 0 Å². The van der Waals surface area contributed by atoms with E-state index in [2.05, 4.69) is 39.6 Å². The van der Waals surface area contributed by atoms with Gasteiger partial charge in [0.2, 0.25) is 0 Å². The highest BCUT2D eigenvalue weighted by molar-refractivity contribution is 4.79. The van der Waals surface area contributed by atoms with Crippen molar-refractivity contribution in [1.82, 2.24) is 4.90 Å². The molecule has 1 aliphatic carbocycles. The summed E-state index contributed by atoms with van der Waals surface area (Å²) in [6.45, 7) is 9.72. The fourth-order valence-electron chi connectivity index (χ4n) is 2.74. The molecule has 3 unspecified atom stereocenters. The first kappa shape index (κ1) is 15.0. The van der Waals surface area contributed by atoms with Crippen molar-refractivity contribution in [3.05, 3.63) is 0 Å². The molecule has 0 radical (unpaired) electrons. The molecule has 0 spiro atoms. The summed E-state index contributed by atoms with van der Waals surface area (Å²) in [4.78, 5) is 2.46. The Morgan fingerprint density at radius 1 is 1.29 bits per heavy atom. The first-order valence-corrected chi connectivity index (χ1v) is 7.19. The summed E-state index contributed by atoms with van der Waals surface area (Å²) in [6.07, 6.45) is 6.15. The summed E-state index contributed by atoms with van der Waals surface area (Å²) >= 11 is 0. The van der Waals surface area contributed by atoms with E-state index in [4.69, 9.17) is 0 Å². The molecule has 0 aromatic carbocycles. The molecule has 17 heavy (non-hydrogen) atoms. The second-order valence-electron chi connectivity index (χ2n) is 7.08. The third-order valence-electron chi connectivity index (χ3n) is 4.29. The van der Waals surface area contributed by atoms with E-state index in [0.717, 1.165) is 24.9 Å². The van der Waals surface area contributed by atoms with E-state index < -0.39 is 0 Å². The molecule has 0 aliphatic heterocycles. The zero-order chi connectivity index (χ0) is 13.1. The van der Waals surface area contributed by atoms with E-state index in [9.17, 15) is 5.11 Å². The van der Waals surface area contributed by atoms with Crippen LogP contribution in [0.5, 0.6) is 0 Å². The van der Waals surface area contributed by atoms with Crippen LogP contribution in [0.3, 0.4) is 0 Å². The molecule has 1 aliphatic rings. The summed E-state index contributed by atoms with van der Waals surface area (Å²) in [6, 6.07) is 0.742. The molecule has 1 N–H and O–H groups in total. The number of hydrogen-bond donors (Lipinski definition) is 1. The third kappa shape index (κ3) is 4.97. The predicted molar refractivity (Wildman–Crippen MR) is 74.1 cm³/mol. The number of rotatable bonds is 4.